The van der Waals surface area contributed by atoms with Gasteiger partial charge >= 0.3 is 29.6 Å². The number of imidazole rings is 2. The summed E-state index contributed by atoms with van der Waals surface area (Å²) in [6.45, 7) is 1.54. The molecular formula is C40H44ClN10NaO4. The molecule has 2 saturated carbocycles. The van der Waals surface area contributed by atoms with Gasteiger partial charge in [0, 0.05) is 50.1 Å². The van der Waals surface area contributed by atoms with Crippen LogP contribution in [0.1, 0.15) is 120 Å². The van der Waals surface area contributed by atoms with Crippen LogP contribution >= 0.6 is 11.6 Å². The monoisotopic (exact) mass is 786 g/mol. The van der Waals surface area contributed by atoms with Crippen molar-refractivity contribution in [3.63, 3.8) is 0 Å². The van der Waals surface area contributed by atoms with E-state index in [1.807, 2.05) is 48.5 Å². The van der Waals surface area contributed by atoms with Gasteiger partial charge in [-0.05, 0) is 48.9 Å². The van der Waals surface area contributed by atoms with Gasteiger partial charge < -0.3 is 11.6 Å². The molecule has 56 heavy (non-hydrogen) atoms. The molecule has 2 aliphatic carbocycles. The minimum absolute atomic E-state index is 0. The zero-order valence-corrected chi connectivity index (χ0v) is 34.7. The number of alkyl halides is 1. The van der Waals surface area contributed by atoms with Crippen molar-refractivity contribution in [3.05, 3.63) is 127 Å². The Labute approximate surface area is 351 Å². The molecule has 0 atom stereocenters. The van der Waals surface area contributed by atoms with Gasteiger partial charge in [-0.1, -0.05) is 62.1 Å². The van der Waals surface area contributed by atoms with Crippen molar-refractivity contribution in [1.82, 2.24) is 48.5 Å². The van der Waals surface area contributed by atoms with Crippen molar-refractivity contribution in [2.24, 2.45) is 14.1 Å². The Morgan fingerprint density at radius 3 is 1.75 bits per heavy atom. The first-order valence-corrected chi connectivity index (χ1v) is 19.4. The zero-order valence-electron chi connectivity index (χ0n) is 32.9. The first-order valence-electron chi connectivity index (χ1n) is 18.9. The molecule has 4 aromatic heterocycles. The van der Waals surface area contributed by atoms with E-state index in [-0.39, 0.29) is 59.8 Å². The van der Waals surface area contributed by atoms with Crippen LogP contribution in [0.2, 0.25) is 0 Å². The fraction of sp³-hybridized carbons (Fsp3) is 0.400. The number of benzene rings is 2. The van der Waals surface area contributed by atoms with Gasteiger partial charge in [0.25, 0.3) is 22.9 Å². The molecule has 2 fully saturated rings. The Hall–Kier alpha value is -4.63. The van der Waals surface area contributed by atoms with Crippen molar-refractivity contribution >= 4 is 34.4 Å². The number of carbonyl (C=O) groups excluding carboxylic acids is 2. The molecule has 0 bridgehead atoms. The number of fused-ring (bicyclic) bond motifs is 4. The van der Waals surface area contributed by atoms with E-state index in [0.717, 1.165) is 59.6 Å². The number of hydrogen-bond acceptors (Lipinski definition) is 8. The van der Waals surface area contributed by atoms with Crippen LogP contribution in [-0.2, 0) is 39.6 Å². The number of nitrogens with zero attached hydrogens (tertiary/aromatic N) is 9. The topological polar surface area (TPSA) is 154 Å². The maximum absolute atomic E-state index is 12.8. The Kier molecular flexibility index (Phi) is 11.9. The number of amides is 2. The van der Waals surface area contributed by atoms with Gasteiger partial charge in [-0.15, -0.1) is 11.6 Å². The van der Waals surface area contributed by atoms with Crippen LogP contribution in [0.25, 0.3) is 11.0 Å². The number of halogens is 1. The molecule has 14 nitrogen and oxygen atoms in total. The van der Waals surface area contributed by atoms with Crippen LogP contribution in [0.5, 0.6) is 0 Å². The second-order valence-corrected chi connectivity index (χ2v) is 14.9. The number of nitrogens with one attached hydrogen (secondary N) is 1. The first kappa shape index (κ1) is 39.6. The average molecular weight is 787 g/mol. The quantitative estimate of drug-likeness (QED) is 0.206. The van der Waals surface area contributed by atoms with Gasteiger partial charge in [0.15, 0.2) is 16.9 Å². The summed E-state index contributed by atoms with van der Waals surface area (Å²) in [5, 5.41) is 11.9. The van der Waals surface area contributed by atoms with Gasteiger partial charge in [-0.2, -0.15) is 10.2 Å². The normalized spacial score (nSPS) is 16.3. The number of aromatic nitrogens is 8. The standard InChI is InChI=1S/C20H21N5O2.C12H15ClN4O.C8H7NO.Na.H/c1-23-17(12-24-11-14-8-4-5-9-15(14)19(24)26)22-25-16(20(23)27)10-21-18(25)13-6-2-3-7-13;1-16-10(6-13)15-17-9(12(16)18)7-14-11(17)8-4-2-3-5-8;10-8-7-4-2-1-3-6(7)5-9-8;;/h4-5,8-10,13H,2-3,6-7,11-12H2,1H3;7-8H,2-6H2,1H3;1-4H,5H2,(H,9,10);;/q;;;+1;-1. The van der Waals surface area contributed by atoms with Crippen molar-refractivity contribution in [2.75, 3.05) is 0 Å². The minimum atomic E-state index is -0.124. The molecule has 2 aromatic carbocycles. The zero-order chi connectivity index (χ0) is 38.2. The number of carbonyl (C=O) groups is 2. The van der Waals surface area contributed by atoms with Crippen LogP contribution in [-0.4, -0.2) is 55.0 Å². The molecule has 0 saturated heterocycles. The Morgan fingerprint density at radius 2 is 1.21 bits per heavy atom. The van der Waals surface area contributed by atoms with Crippen molar-refractivity contribution in [1.29, 1.82) is 0 Å². The summed E-state index contributed by atoms with van der Waals surface area (Å²) in [5.41, 5.74) is 4.50. The second-order valence-electron chi connectivity index (χ2n) is 14.6. The van der Waals surface area contributed by atoms with Crippen molar-refractivity contribution in [3.8, 4) is 0 Å². The third kappa shape index (κ3) is 7.47. The Morgan fingerprint density at radius 1 is 0.714 bits per heavy atom. The summed E-state index contributed by atoms with van der Waals surface area (Å²) in [5.74, 6) is 3.98. The fourth-order valence-corrected chi connectivity index (χ4v) is 8.36. The Balaban J connectivity index is 0.000000158. The summed E-state index contributed by atoms with van der Waals surface area (Å²) >= 11 is 5.83. The SMILES string of the molecule is Cn1c(CCl)nn2c(C3CCCC3)ncc2c1=O.Cn1c(CN2Cc3ccccc3C2=O)nn2c(C3CCCC3)ncc2c1=O.O=C1NCc2ccccc21.[H-].[Na+]. The second kappa shape index (κ2) is 16.8. The molecule has 0 unspecified atom stereocenters. The fourth-order valence-electron chi connectivity index (χ4n) is 8.12. The predicted octanol–water partition coefficient (Wildman–Crippen LogP) is 2.11. The van der Waals surface area contributed by atoms with Crippen molar-refractivity contribution < 1.29 is 40.6 Å². The number of rotatable bonds is 5. The van der Waals surface area contributed by atoms with Crippen LogP contribution in [0.4, 0.5) is 0 Å². The van der Waals surface area contributed by atoms with Gasteiger partial charge in [0.1, 0.15) is 17.5 Å². The summed E-state index contributed by atoms with van der Waals surface area (Å²) in [7, 11) is 3.40. The third-order valence-electron chi connectivity index (χ3n) is 11.3. The largest absolute Gasteiger partial charge is 1.00 e. The Bertz CT molecular complexity index is 2560. The van der Waals surface area contributed by atoms with E-state index in [1.54, 1.807) is 40.4 Å². The summed E-state index contributed by atoms with van der Waals surface area (Å²) in [4.78, 5) is 59.2. The van der Waals surface area contributed by atoms with Gasteiger partial charge in [0.2, 0.25) is 0 Å². The van der Waals surface area contributed by atoms with Crippen molar-refractivity contribution in [2.45, 2.75) is 88.7 Å². The summed E-state index contributed by atoms with van der Waals surface area (Å²) in [6, 6.07) is 15.3. The van der Waals surface area contributed by atoms with Crippen LogP contribution in [0.15, 0.2) is 70.5 Å². The van der Waals surface area contributed by atoms with Gasteiger partial charge in [0.05, 0.1) is 24.8 Å². The predicted molar refractivity (Wildman–Crippen MR) is 207 cm³/mol. The smallest absolute Gasteiger partial charge is 1.00 e. The van der Waals surface area contributed by atoms with Crippen LogP contribution in [0, 0.1) is 0 Å². The maximum Gasteiger partial charge on any atom is 1.00 e. The van der Waals surface area contributed by atoms with E-state index in [0.29, 0.717) is 54.2 Å². The molecule has 2 amide bonds. The minimum Gasteiger partial charge on any atom is -1.00 e. The van der Waals surface area contributed by atoms with Crippen LogP contribution < -0.4 is 46.0 Å². The molecule has 6 heterocycles. The summed E-state index contributed by atoms with van der Waals surface area (Å²) in [6.07, 6.45) is 12.5. The molecule has 0 radical (unpaired) electrons. The molecule has 286 valence electrons. The maximum atomic E-state index is 12.8. The molecule has 0 spiro atoms. The molecule has 6 aromatic rings. The molecule has 10 rings (SSSR count). The van der Waals surface area contributed by atoms with E-state index in [4.69, 9.17) is 16.7 Å². The van der Waals surface area contributed by atoms with Gasteiger partial charge in [-0.25, -0.2) is 19.0 Å². The first-order chi connectivity index (χ1) is 26.7. The van der Waals surface area contributed by atoms with E-state index in [2.05, 4.69) is 20.4 Å². The van der Waals surface area contributed by atoms with Crippen LogP contribution in [0.3, 0.4) is 0 Å². The van der Waals surface area contributed by atoms with Gasteiger partial charge in [-0.3, -0.25) is 28.3 Å². The van der Waals surface area contributed by atoms with E-state index in [1.165, 1.54) is 34.8 Å². The molecule has 16 heteroatoms. The number of hydrogen-bond donors (Lipinski definition) is 1. The molecule has 4 aliphatic rings. The molecule has 1 N–H and O–H groups in total. The summed E-state index contributed by atoms with van der Waals surface area (Å²) < 4.78 is 6.42. The van der Waals surface area contributed by atoms with E-state index in [9.17, 15) is 19.2 Å². The molecular weight excluding hydrogens is 743 g/mol. The van der Waals surface area contributed by atoms with E-state index >= 15 is 0 Å². The average Bonchev–Trinajstić information content (AvgIpc) is 4.07. The van der Waals surface area contributed by atoms with E-state index < -0.39 is 0 Å². The third-order valence-corrected chi connectivity index (χ3v) is 11.5. The molecule has 2 aliphatic heterocycles.